The molecule has 0 aromatic carbocycles. The van der Waals surface area contributed by atoms with Crippen LogP contribution in [0.25, 0.3) is 0 Å². The van der Waals surface area contributed by atoms with Crippen LogP contribution in [0.3, 0.4) is 0 Å². The Hall–Kier alpha value is -1.57. The first-order valence-electron chi connectivity index (χ1n) is 11.0. The highest BCUT2D eigenvalue weighted by atomic mass is 16.5. The first-order chi connectivity index (χ1) is 13.1. The maximum Gasteiger partial charge on any atom is 0.302 e. The third-order valence-electron chi connectivity index (χ3n) is 6.60. The van der Waals surface area contributed by atoms with Crippen molar-refractivity contribution in [2.75, 3.05) is 6.61 Å². The van der Waals surface area contributed by atoms with Crippen LogP contribution in [0.4, 0.5) is 0 Å². The van der Waals surface area contributed by atoms with E-state index in [4.69, 9.17) is 4.74 Å². The molecule has 1 fully saturated rings. The fourth-order valence-electron chi connectivity index (χ4n) is 5.19. The van der Waals surface area contributed by atoms with Gasteiger partial charge in [0.2, 0.25) is 0 Å². The summed E-state index contributed by atoms with van der Waals surface area (Å²) in [5.41, 5.74) is 2.82. The zero-order valence-electron chi connectivity index (χ0n) is 17.3. The van der Waals surface area contributed by atoms with E-state index in [9.17, 15) is 4.79 Å². The zero-order chi connectivity index (χ0) is 19.2. The highest BCUT2D eigenvalue weighted by Gasteiger charge is 2.48. The molecule has 148 valence electrons. The van der Waals surface area contributed by atoms with Crippen LogP contribution in [0.5, 0.6) is 0 Å². The molecular formula is C25H36O2. The number of fused-ring (bicyclic) bond motifs is 3. The fourth-order valence-corrected chi connectivity index (χ4v) is 5.19. The molecule has 2 heteroatoms. The van der Waals surface area contributed by atoms with Crippen molar-refractivity contribution >= 4 is 5.97 Å². The maximum atomic E-state index is 11.4. The van der Waals surface area contributed by atoms with E-state index >= 15 is 0 Å². The van der Waals surface area contributed by atoms with Crippen molar-refractivity contribution in [2.24, 2.45) is 29.6 Å². The SMILES string of the molecule is CCCCCCCCC1=CC2C(C=C1)C1C=CC(C)=CC1C2COC(C)=O. The minimum atomic E-state index is -0.162. The quantitative estimate of drug-likeness (QED) is 0.347. The number of ether oxygens (including phenoxy) is 1. The van der Waals surface area contributed by atoms with Crippen LogP contribution in [-0.2, 0) is 9.53 Å². The van der Waals surface area contributed by atoms with Crippen LogP contribution in [0.1, 0.15) is 65.7 Å². The van der Waals surface area contributed by atoms with Gasteiger partial charge >= 0.3 is 5.97 Å². The molecule has 3 aliphatic carbocycles. The first kappa shape index (κ1) is 20.2. The third-order valence-corrected chi connectivity index (χ3v) is 6.60. The van der Waals surface area contributed by atoms with Gasteiger partial charge in [-0.05, 0) is 43.4 Å². The second-order valence-electron chi connectivity index (χ2n) is 8.66. The Balaban J connectivity index is 1.64. The van der Waals surface area contributed by atoms with Gasteiger partial charge in [-0.1, -0.05) is 86.6 Å². The average molecular weight is 369 g/mol. The van der Waals surface area contributed by atoms with E-state index in [1.165, 1.54) is 63.0 Å². The summed E-state index contributed by atoms with van der Waals surface area (Å²) in [4.78, 5) is 11.4. The molecule has 0 N–H and O–H groups in total. The largest absolute Gasteiger partial charge is 0.466 e. The molecule has 3 rings (SSSR count). The van der Waals surface area contributed by atoms with Crippen molar-refractivity contribution in [1.29, 1.82) is 0 Å². The van der Waals surface area contributed by atoms with Crippen LogP contribution < -0.4 is 0 Å². The molecule has 0 spiro atoms. The second-order valence-corrected chi connectivity index (χ2v) is 8.66. The summed E-state index contributed by atoms with van der Waals surface area (Å²) in [6.45, 7) is 6.51. The Bertz CT molecular complexity index is 637. The lowest BCUT2D eigenvalue weighted by atomic mass is 9.80. The normalized spacial score (nSPS) is 31.1. The van der Waals surface area contributed by atoms with Gasteiger partial charge in [0, 0.05) is 12.8 Å². The van der Waals surface area contributed by atoms with Crippen LogP contribution in [0, 0.1) is 29.6 Å². The average Bonchev–Trinajstić information content (AvgIpc) is 2.95. The van der Waals surface area contributed by atoms with Gasteiger partial charge in [0.1, 0.15) is 0 Å². The van der Waals surface area contributed by atoms with Crippen LogP contribution in [-0.4, -0.2) is 12.6 Å². The van der Waals surface area contributed by atoms with E-state index in [0.717, 1.165) is 0 Å². The Morgan fingerprint density at radius 2 is 1.59 bits per heavy atom. The van der Waals surface area contributed by atoms with E-state index in [2.05, 4.69) is 50.3 Å². The molecule has 0 aliphatic heterocycles. The zero-order valence-corrected chi connectivity index (χ0v) is 17.3. The maximum absolute atomic E-state index is 11.4. The Kier molecular flexibility index (Phi) is 7.15. The van der Waals surface area contributed by atoms with E-state index in [0.29, 0.717) is 36.2 Å². The van der Waals surface area contributed by atoms with Gasteiger partial charge in [-0.25, -0.2) is 0 Å². The standard InChI is InChI=1S/C25H36O2/c1-4-5-6-7-8-9-10-20-12-14-22-21-13-11-18(2)15-23(21)25(24(22)16-20)17-27-19(3)26/h11-16,21-25H,4-10,17H2,1-3H3. The van der Waals surface area contributed by atoms with Gasteiger partial charge in [0.25, 0.3) is 0 Å². The Labute approximate surface area is 165 Å². The Morgan fingerprint density at radius 3 is 2.33 bits per heavy atom. The molecule has 0 bridgehead atoms. The van der Waals surface area contributed by atoms with Crippen molar-refractivity contribution in [3.63, 3.8) is 0 Å². The van der Waals surface area contributed by atoms with Gasteiger partial charge in [-0.2, -0.15) is 0 Å². The number of allylic oxidation sites excluding steroid dienone is 8. The van der Waals surface area contributed by atoms with Gasteiger partial charge < -0.3 is 4.74 Å². The lowest BCUT2D eigenvalue weighted by molar-refractivity contribution is -0.142. The number of carbonyl (C=O) groups is 1. The summed E-state index contributed by atoms with van der Waals surface area (Å²) in [7, 11) is 0. The highest BCUT2D eigenvalue weighted by molar-refractivity contribution is 5.65. The van der Waals surface area contributed by atoms with Crippen molar-refractivity contribution in [3.8, 4) is 0 Å². The summed E-state index contributed by atoms with van der Waals surface area (Å²) >= 11 is 0. The van der Waals surface area contributed by atoms with E-state index in [1.807, 2.05) is 0 Å². The summed E-state index contributed by atoms with van der Waals surface area (Å²) in [5, 5.41) is 0. The number of hydrogen-bond acceptors (Lipinski definition) is 2. The molecule has 1 saturated carbocycles. The predicted molar refractivity (Wildman–Crippen MR) is 112 cm³/mol. The van der Waals surface area contributed by atoms with Gasteiger partial charge in [0.15, 0.2) is 0 Å². The number of esters is 1. The third kappa shape index (κ3) is 5.03. The molecule has 3 aliphatic rings. The van der Waals surface area contributed by atoms with Gasteiger partial charge in [-0.3, -0.25) is 4.79 Å². The van der Waals surface area contributed by atoms with Crippen molar-refractivity contribution in [1.82, 2.24) is 0 Å². The summed E-state index contributed by atoms with van der Waals surface area (Å²) in [6, 6.07) is 0. The van der Waals surface area contributed by atoms with Gasteiger partial charge in [-0.15, -0.1) is 0 Å². The number of hydrogen-bond donors (Lipinski definition) is 0. The number of unbranched alkanes of at least 4 members (excludes halogenated alkanes) is 5. The summed E-state index contributed by atoms with van der Waals surface area (Å²) in [5.74, 6) is 2.30. The fraction of sp³-hybridized carbons (Fsp3) is 0.640. The first-order valence-corrected chi connectivity index (χ1v) is 11.0. The predicted octanol–water partition coefficient (Wildman–Crippen LogP) is 6.41. The second kappa shape index (κ2) is 9.57. The minimum absolute atomic E-state index is 0.162. The molecule has 0 saturated heterocycles. The van der Waals surface area contributed by atoms with Crippen molar-refractivity contribution in [3.05, 3.63) is 47.6 Å². The summed E-state index contributed by atoms with van der Waals surface area (Å²) < 4.78 is 5.48. The smallest absolute Gasteiger partial charge is 0.302 e. The molecule has 0 aromatic heterocycles. The molecule has 5 atom stereocenters. The molecule has 0 aromatic rings. The molecule has 0 amide bonds. The van der Waals surface area contributed by atoms with E-state index in [1.54, 1.807) is 0 Å². The molecule has 2 nitrogen and oxygen atoms in total. The molecule has 5 unspecified atom stereocenters. The minimum Gasteiger partial charge on any atom is -0.466 e. The van der Waals surface area contributed by atoms with E-state index < -0.39 is 0 Å². The molecule has 27 heavy (non-hydrogen) atoms. The van der Waals surface area contributed by atoms with Gasteiger partial charge in [0.05, 0.1) is 6.61 Å². The van der Waals surface area contributed by atoms with E-state index in [-0.39, 0.29) is 5.97 Å². The van der Waals surface area contributed by atoms with Crippen LogP contribution >= 0.6 is 0 Å². The van der Waals surface area contributed by atoms with Crippen molar-refractivity contribution < 1.29 is 9.53 Å². The lowest BCUT2D eigenvalue weighted by Crippen LogP contribution is -2.23. The highest BCUT2D eigenvalue weighted by Crippen LogP contribution is 2.52. The lowest BCUT2D eigenvalue weighted by Gasteiger charge is -2.25. The Morgan fingerprint density at radius 1 is 0.926 bits per heavy atom. The molecular weight excluding hydrogens is 332 g/mol. The van der Waals surface area contributed by atoms with Crippen molar-refractivity contribution in [2.45, 2.75) is 65.7 Å². The molecule has 0 radical (unpaired) electrons. The molecule has 0 heterocycles. The topological polar surface area (TPSA) is 26.3 Å². The number of rotatable bonds is 9. The number of carbonyl (C=O) groups excluding carboxylic acids is 1. The summed E-state index contributed by atoms with van der Waals surface area (Å²) in [6.07, 6.45) is 23.6. The monoisotopic (exact) mass is 368 g/mol. The van der Waals surface area contributed by atoms with Crippen LogP contribution in [0.2, 0.25) is 0 Å². The van der Waals surface area contributed by atoms with Crippen LogP contribution in [0.15, 0.2) is 47.6 Å².